The van der Waals surface area contributed by atoms with E-state index >= 15 is 0 Å². The van der Waals surface area contributed by atoms with Crippen LogP contribution in [0.2, 0.25) is 0 Å². The van der Waals surface area contributed by atoms with Crippen LogP contribution in [0.25, 0.3) is 0 Å². The summed E-state index contributed by atoms with van der Waals surface area (Å²) >= 11 is 1.93. The van der Waals surface area contributed by atoms with Crippen molar-refractivity contribution in [2.45, 2.75) is 44.2 Å². The Hall–Kier alpha value is 0.270. The lowest BCUT2D eigenvalue weighted by molar-refractivity contribution is 0.0590. The van der Waals surface area contributed by atoms with Crippen LogP contribution in [0.3, 0.4) is 0 Å². The van der Waals surface area contributed by atoms with Crippen molar-refractivity contribution in [3.05, 3.63) is 0 Å². The molecule has 1 aliphatic rings. The number of rotatable bonds is 6. The minimum absolute atomic E-state index is 0.502. The molecule has 0 aromatic rings. The number of hydrogen-bond acceptors (Lipinski definition) is 3. The summed E-state index contributed by atoms with van der Waals surface area (Å²) < 4.78 is 5.40. The van der Waals surface area contributed by atoms with Crippen molar-refractivity contribution in [3.63, 3.8) is 0 Å². The molecular formula is C11H23NOS. The van der Waals surface area contributed by atoms with Gasteiger partial charge in [-0.15, -0.1) is 0 Å². The van der Waals surface area contributed by atoms with Gasteiger partial charge in [-0.25, -0.2) is 0 Å². The van der Waals surface area contributed by atoms with Crippen LogP contribution < -0.4 is 5.32 Å². The molecule has 14 heavy (non-hydrogen) atoms. The van der Waals surface area contributed by atoms with E-state index in [0.29, 0.717) is 12.1 Å². The molecule has 0 aromatic carbocycles. The van der Waals surface area contributed by atoms with E-state index in [1.165, 1.54) is 44.4 Å². The molecule has 1 N–H and O–H groups in total. The Morgan fingerprint density at radius 2 is 2.29 bits per heavy atom. The molecule has 1 aliphatic carbocycles. The minimum atomic E-state index is 0.502. The molecular weight excluding hydrogens is 194 g/mol. The van der Waals surface area contributed by atoms with Crippen LogP contribution in [0.4, 0.5) is 0 Å². The molecule has 0 aromatic heterocycles. The van der Waals surface area contributed by atoms with Crippen molar-refractivity contribution in [1.82, 2.24) is 5.32 Å². The Labute approximate surface area is 92.2 Å². The van der Waals surface area contributed by atoms with Crippen LogP contribution in [0.1, 0.15) is 32.1 Å². The van der Waals surface area contributed by atoms with Gasteiger partial charge in [-0.2, -0.15) is 11.8 Å². The van der Waals surface area contributed by atoms with Crippen LogP contribution in [0.5, 0.6) is 0 Å². The lowest BCUT2D eigenvalue weighted by atomic mass is 9.93. The first-order valence-corrected chi connectivity index (χ1v) is 7.01. The molecule has 2 atom stereocenters. The lowest BCUT2D eigenvalue weighted by Gasteiger charge is -2.28. The largest absolute Gasteiger partial charge is 0.381 e. The quantitative estimate of drug-likeness (QED) is 0.690. The number of hydrogen-bond donors (Lipinski definition) is 1. The van der Waals surface area contributed by atoms with E-state index in [2.05, 4.69) is 11.6 Å². The summed E-state index contributed by atoms with van der Waals surface area (Å²) in [5, 5.41) is 3.63. The maximum absolute atomic E-state index is 5.40. The predicted molar refractivity (Wildman–Crippen MR) is 64.1 cm³/mol. The van der Waals surface area contributed by atoms with Gasteiger partial charge in [0.05, 0.1) is 6.10 Å². The Morgan fingerprint density at radius 3 is 3.00 bits per heavy atom. The molecule has 0 heterocycles. The van der Waals surface area contributed by atoms with Crippen LogP contribution >= 0.6 is 11.8 Å². The van der Waals surface area contributed by atoms with Gasteiger partial charge < -0.3 is 10.1 Å². The van der Waals surface area contributed by atoms with Crippen molar-refractivity contribution in [2.24, 2.45) is 0 Å². The van der Waals surface area contributed by atoms with Crippen LogP contribution in [-0.2, 0) is 4.74 Å². The van der Waals surface area contributed by atoms with E-state index < -0.39 is 0 Å². The molecule has 2 unspecified atom stereocenters. The highest BCUT2D eigenvalue weighted by atomic mass is 32.2. The van der Waals surface area contributed by atoms with Crippen LogP contribution in [0, 0.1) is 0 Å². The van der Waals surface area contributed by atoms with Gasteiger partial charge >= 0.3 is 0 Å². The molecule has 0 aliphatic heterocycles. The highest BCUT2D eigenvalue weighted by Gasteiger charge is 2.20. The van der Waals surface area contributed by atoms with E-state index in [4.69, 9.17) is 4.74 Å². The van der Waals surface area contributed by atoms with Crippen molar-refractivity contribution < 1.29 is 4.74 Å². The smallest absolute Gasteiger partial charge is 0.0586 e. The van der Waals surface area contributed by atoms with Crippen LogP contribution in [-0.4, -0.2) is 37.8 Å². The lowest BCUT2D eigenvalue weighted by Crippen LogP contribution is -2.37. The summed E-state index contributed by atoms with van der Waals surface area (Å²) in [4.78, 5) is 0. The number of thioether (sulfide) groups is 1. The molecule has 1 fully saturated rings. The topological polar surface area (TPSA) is 21.3 Å². The second-order valence-corrected chi connectivity index (χ2v) is 5.01. The molecule has 1 saturated carbocycles. The Kier molecular flexibility index (Phi) is 6.65. The first-order valence-electron chi connectivity index (χ1n) is 5.62. The molecule has 0 amide bonds. The summed E-state index contributed by atoms with van der Waals surface area (Å²) in [5.74, 6) is 1.27. The van der Waals surface area contributed by atoms with Gasteiger partial charge in [0.25, 0.3) is 0 Å². The zero-order valence-corrected chi connectivity index (χ0v) is 10.2. The highest BCUT2D eigenvalue weighted by molar-refractivity contribution is 7.98. The van der Waals surface area contributed by atoms with Crippen molar-refractivity contribution in [1.29, 1.82) is 0 Å². The third kappa shape index (κ3) is 4.67. The first kappa shape index (κ1) is 12.3. The summed E-state index contributed by atoms with van der Waals surface area (Å²) in [6.45, 7) is 1.17. The normalized spacial score (nSPS) is 27.9. The number of nitrogens with one attached hydrogen (secondary N) is 1. The average molecular weight is 217 g/mol. The summed E-state index contributed by atoms with van der Waals surface area (Å²) in [6.07, 6.45) is 9.06. The second kappa shape index (κ2) is 7.55. The van der Waals surface area contributed by atoms with Gasteiger partial charge in [-0.3, -0.25) is 0 Å². The zero-order valence-electron chi connectivity index (χ0n) is 9.42. The van der Waals surface area contributed by atoms with Crippen molar-refractivity contribution in [3.8, 4) is 0 Å². The van der Waals surface area contributed by atoms with Gasteiger partial charge in [0.1, 0.15) is 0 Å². The number of methoxy groups -OCH3 is 1. The second-order valence-electron chi connectivity index (χ2n) is 4.02. The maximum atomic E-state index is 5.40. The molecule has 0 saturated heterocycles. The molecule has 0 bridgehead atoms. The molecule has 1 rings (SSSR count). The van der Waals surface area contributed by atoms with Gasteiger partial charge in [0.2, 0.25) is 0 Å². The van der Waals surface area contributed by atoms with E-state index in [-0.39, 0.29) is 0 Å². The van der Waals surface area contributed by atoms with Gasteiger partial charge in [-0.05, 0) is 50.7 Å². The monoisotopic (exact) mass is 217 g/mol. The highest BCUT2D eigenvalue weighted by Crippen LogP contribution is 2.20. The zero-order chi connectivity index (χ0) is 10.2. The maximum Gasteiger partial charge on any atom is 0.0586 e. The molecule has 84 valence electrons. The molecule has 2 nitrogen and oxygen atoms in total. The third-order valence-corrected chi connectivity index (χ3v) is 3.61. The van der Waals surface area contributed by atoms with E-state index in [9.17, 15) is 0 Å². The molecule has 0 radical (unpaired) electrons. The summed E-state index contributed by atoms with van der Waals surface area (Å²) in [6, 6.07) is 0.704. The standard InChI is InChI=1S/C11H23NOS/c1-13-11-6-3-5-10(9-11)12-7-4-8-14-2/h10-12H,3-9H2,1-2H3. The average Bonchev–Trinajstić information content (AvgIpc) is 2.25. The SMILES string of the molecule is COC1CCCC(NCCCSC)C1. The minimum Gasteiger partial charge on any atom is -0.381 e. The van der Waals surface area contributed by atoms with Crippen molar-refractivity contribution in [2.75, 3.05) is 25.7 Å². The van der Waals surface area contributed by atoms with Gasteiger partial charge in [0, 0.05) is 13.2 Å². The fraction of sp³-hybridized carbons (Fsp3) is 1.00. The predicted octanol–water partition coefficient (Wildman–Crippen LogP) is 2.29. The van der Waals surface area contributed by atoms with Crippen LogP contribution in [0.15, 0.2) is 0 Å². The molecule has 0 spiro atoms. The fourth-order valence-corrected chi connectivity index (χ4v) is 2.50. The van der Waals surface area contributed by atoms with Crippen molar-refractivity contribution >= 4 is 11.8 Å². The van der Waals surface area contributed by atoms with E-state index in [1.54, 1.807) is 0 Å². The van der Waals surface area contributed by atoms with E-state index in [0.717, 1.165) is 0 Å². The number of ether oxygens (including phenoxy) is 1. The van der Waals surface area contributed by atoms with Gasteiger partial charge in [-0.1, -0.05) is 0 Å². The summed E-state index contributed by atoms with van der Waals surface area (Å²) in [7, 11) is 1.83. The third-order valence-electron chi connectivity index (χ3n) is 2.92. The Balaban J connectivity index is 2.05. The Bertz CT molecular complexity index is 143. The van der Waals surface area contributed by atoms with Gasteiger partial charge in [0.15, 0.2) is 0 Å². The Morgan fingerprint density at radius 1 is 1.43 bits per heavy atom. The fourth-order valence-electron chi connectivity index (χ4n) is 2.07. The first-order chi connectivity index (χ1) is 6.86. The summed E-state index contributed by atoms with van der Waals surface area (Å²) in [5.41, 5.74) is 0. The van der Waals surface area contributed by atoms with E-state index in [1.807, 2.05) is 18.9 Å². The molecule has 3 heteroatoms.